The smallest absolute Gasteiger partial charge is 0.255 e. The van der Waals surface area contributed by atoms with E-state index in [9.17, 15) is 13.2 Å². The summed E-state index contributed by atoms with van der Waals surface area (Å²) >= 11 is 1.23. The number of benzene rings is 2. The third kappa shape index (κ3) is 3.91. The molecule has 2 aliphatic rings. The van der Waals surface area contributed by atoms with Gasteiger partial charge in [0.2, 0.25) is 6.79 Å². The summed E-state index contributed by atoms with van der Waals surface area (Å²) in [5.74, 6) is 0.983. The Balaban J connectivity index is 1.36. The number of ether oxygens (including phenoxy) is 2. The van der Waals surface area contributed by atoms with E-state index < -0.39 is 10.0 Å². The van der Waals surface area contributed by atoms with E-state index in [1.54, 1.807) is 48.5 Å². The molecule has 0 radical (unpaired) electrons. The molecule has 0 spiro atoms. The van der Waals surface area contributed by atoms with E-state index >= 15 is 0 Å². The van der Waals surface area contributed by atoms with Crippen LogP contribution >= 0.6 is 11.3 Å². The second-order valence-electron chi connectivity index (χ2n) is 7.33. The van der Waals surface area contributed by atoms with Gasteiger partial charge in [0, 0.05) is 35.3 Å². The van der Waals surface area contributed by atoms with Crippen molar-refractivity contribution in [3.8, 4) is 21.9 Å². The summed E-state index contributed by atoms with van der Waals surface area (Å²) in [6, 6.07) is 15.8. The molecule has 2 aromatic carbocycles. The van der Waals surface area contributed by atoms with Gasteiger partial charge < -0.3 is 14.8 Å². The molecular formula is C22H20N2O5S2. The molecule has 9 heteroatoms. The van der Waals surface area contributed by atoms with Gasteiger partial charge in [-0.15, -0.1) is 11.3 Å². The lowest BCUT2D eigenvalue weighted by Gasteiger charge is -2.13. The number of carbonyl (C=O) groups is 1. The number of fused-ring (bicyclic) bond motifs is 1. The second kappa shape index (κ2) is 7.99. The van der Waals surface area contributed by atoms with Gasteiger partial charge in [0.1, 0.15) is 4.21 Å². The van der Waals surface area contributed by atoms with Gasteiger partial charge in [-0.05, 0) is 54.8 Å². The summed E-state index contributed by atoms with van der Waals surface area (Å²) in [6.45, 7) is 1.32. The first-order valence-corrected chi connectivity index (χ1v) is 12.2. The number of thiophene rings is 1. The average Bonchev–Trinajstić information content (AvgIpc) is 3.55. The summed E-state index contributed by atoms with van der Waals surface area (Å²) < 4.78 is 38.1. The highest BCUT2D eigenvalue weighted by atomic mass is 32.2. The number of hydrogen-bond donors (Lipinski definition) is 1. The Bertz CT molecular complexity index is 1250. The largest absolute Gasteiger partial charge is 0.454 e. The second-order valence-corrected chi connectivity index (χ2v) is 10.6. The minimum absolute atomic E-state index is 0.172. The van der Waals surface area contributed by atoms with E-state index in [1.165, 1.54) is 15.6 Å². The molecule has 3 heterocycles. The molecule has 0 bridgehead atoms. The molecule has 0 unspecified atom stereocenters. The number of carbonyl (C=O) groups excluding carboxylic acids is 1. The van der Waals surface area contributed by atoms with E-state index in [4.69, 9.17) is 9.47 Å². The molecule has 1 amide bonds. The lowest BCUT2D eigenvalue weighted by molar-refractivity contribution is 0.102. The van der Waals surface area contributed by atoms with E-state index in [1.807, 2.05) is 6.07 Å². The van der Waals surface area contributed by atoms with E-state index in [0.29, 0.717) is 40.0 Å². The van der Waals surface area contributed by atoms with Crippen molar-refractivity contribution in [2.75, 3.05) is 25.2 Å². The number of rotatable bonds is 5. The normalized spacial score (nSPS) is 15.9. The van der Waals surface area contributed by atoms with Gasteiger partial charge in [-0.2, -0.15) is 4.31 Å². The molecule has 2 aliphatic heterocycles. The van der Waals surface area contributed by atoms with Gasteiger partial charge in [0.05, 0.1) is 0 Å². The van der Waals surface area contributed by atoms with Crippen LogP contribution in [0.25, 0.3) is 10.4 Å². The minimum Gasteiger partial charge on any atom is -0.454 e. The lowest BCUT2D eigenvalue weighted by atomic mass is 10.1. The molecule has 0 atom stereocenters. The molecule has 1 aromatic heterocycles. The van der Waals surface area contributed by atoms with Gasteiger partial charge in [-0.1, -0.05) is 12.1 Å². The molecule has 1 N–H and O–H groups in total. The molecule has 31 heavy (non-hydrogen) atoms. The summed E-state index contributed by atoms with van der Waals surface area (Å²) in [5, 5.41) is 2.86. The van der Waals surface area contributed by atoms with Crippen molar-refractivity contribution in [2.45, 2.75) is 17.1 Å². The molecular weight excluding hydrogens is 436 g/mol. The van der Waals surface area contributed by atoms with Crippen LogP contribution in [0.4, 0.5) is 5.69 Å². The molecule has 0 saturated carbocycles. The predicted molar refractivity (Wildman–Crippen MR) is 118 cm³/mol. The quantitative estimate of drug-likeness (QED) is 0.623. The van der Waals surface area contributed by atoms with Crippen molar-refractivity contribution in [3.63, 3.8) is 0 Å². The van der Waals surface area contributed by atoms with Crippen LogP contribution in [-0.2, 0) is 10.0 Å². The Kier molecular flexibility index (Phi) is 5.17. The number of nitrogens with one attached hydrogen (secondary N) is 1. The molecule has 1 saturated heterocycles. The highest BCUT2D eigenvalue weighted by molar-refractivity contribution is 7.91. The van der Waals surface area contributed by atoms with E-state index in [2.05, 4.69) is 5.32 Å². The van der Waals surface area contributed by atoms with Crippen LogP contribution in [0.2, 0.25) is 0 Å². The average molecular weight is 457 g/mol. The monoisotopic (exact) mass is 456 g/mol. The van der Waals surface area contributed by atoms with Crippen molar-refractivity contribution >= 4 is 33.0 Å². The highest BCUT2D eigenvalue weighted by Crippen LogP contribution is 2.35. The Morgan fingerprint density at radius 2 is 1.77 bits per heavy atom. The van der Waals surface area contributed by atoms with Gasteiger partial charge in [-0.3, -0.25) is 4.79 Å². The third-order valence-corrected chi connectivity index (χ3v) is 8.78. The summed E-state index contributed by atoms with van der Waals surface area (Å²) in [5.41, 5.74) is 1.88. The predicted octanol–water partition coefficient (Wildman–Crippen LogP) is 4.18. The fourth-order valence-corrected chi connectivity index (χ4v) is 6.63. The SMILES string of the molecule is O=C(Nc1ccc2c(c1)OCO2)c1cccc(-c2ccc(S(=O)(=O)N3CCCC3)s2)c1. The molecule has 3 aromatic rings. The van der Waals surface area contributed by atoms with Gasteiger partial charge in [-0.25, -0.2) is 8.42 Å². The zero-order valence-electron chi connectivity index (χ0n) is 16.5. The number of anilines is 1. The maximum Gasteiger partial charge on any atom is 0.255 e. The molecule has 7 nitrogen and oxygen atoms in total. The van der Waals surface area contributed by atoms with Crippen molar-refractivity contribution in [2.24, 2.45) is 0 Å². The Labute approximate surface area is 184 Å². The van der Waals surface area contributed by atoms with E-state index in [-0.39, 0.29) is 12.7 Å². The number of hydrogen-bond acceptors (Lipinski definition) is 6. The third-order valence-electron chi connectivity index (χ3n) is 5.28. The van der Waals surface area contributed by atoms with Gasteiger partial charge in [0.15, 0.2) is 11.5 Å². The van der Waals surface area contributed by atoms with Crippen LogP contribution in [0.3, 0.4) is 0 Å². The highest BCUT2D eigenvalue weighted by Gasteiger charge is 2.28. The lowest BCUT2D eigenvalue weighted by Crippen LogP contribution is -2.27. The molecule has 160 valence electrons. The Morgan fingerprint density at radius 1 is 0.968 bits per heavy atom. The Morgan fingerprint density at radius 3 is 2.61 bits per heavy atom. The summed E-state index contributed by atoms with van der Waals surface area (Å²) in [7, 11) is -3.45. The molecule has 5 rings (SSSR count). The summed E-state index contributed by atoms with van der Waals surface area (Å²) in [6.07, 6.45) is 1.80. The fraction of sp³-hybridized carbons (Fsp3) is 0.227. The van der Waals surface area contributed by atoms with Crippen LogP contribution < -0.4 is 14.8 Å². The number of nitrogens with zero attached hydrogens (tertiary/aromatic N) is 1. The minimum atomic E-state index is -3.45. The fourth-order valence-electron chi connectivity index (χ4n) is 3.66. The first kappa shape index (κ1) is 20.0. The van der Waals surface area contributed by atoms with Gasteiger partial charge >= 0.3 is 0 Å². The van der Waals surface area contributed by atoms with Crippen molar-refractivity contribution in [1.29, 1.82) is 0 Å². The molecule has 1 fully saturated rings. The first-order valence-electron chi connectivity index (χ1n) is 9.92. The van der Waals surface area contributed by atoms with Crippen molar-refractivity contribution in [3.05, 3.63) is 60.2 Å². The van der Waals surface area contributed by atoms with Gasteiger partial charge in [0.25, 0.3) is 15.9 Å². The van der Waals surface area contributed by atoms with Crippen LogP contribution in [0, 0.1) is 0 Å². The Hall–Kier alpha value is -2.88. The van der Waals surface area contributed by atoms with Crippen LogP contribution in [0.15, 0.2) is 58.8 Å². The standard InChI is InChI=1S/C22H20N2O5S2/c25-22(23-17-6-7-18-19(13-17)29-14-28-18)16-5-3-4-15(12-16)20-8-9-21(30-20)31(26,27)24-10-1-2-11-24/h3-9,12-13H,1-2,10-11,14H2,(H,23,25). The summed E-state index contributed by atoms with van der Waals surface area (Å²) in [4.78, 5) is 13.6. The number of amides is 1. The van der Waals surface area contributed by atoms with Crippen molar-refractivity contribution < 1.29 is 22.7 Å². The zero-order chi connectivity index (χ0) is 21.4. The first-order chi connectivity index (χ1) is 15.0. The molecule has 0 aliphatic carbocycles. The van der Waals surface area contributed by atoms with E-state index in [0.717, 1.165) is 23.3 Å². The topological polar surface area (TPSA) is 84.9 Å². The number of sulfonamides is 1. The van der Waals surface area contributed by atoms with Crippen LogP contribution in [0.1, 0.15) is 23.2 Å². The maximum absolute atomic E-state index is 12.8. The van der Waals surface area contributed by atoms with Crippen LogP contribution in [-0.4, -0.2) is 38.5 Å². The maximum atomic E-state index is 12.8. The zero-order valence-corrected chi connectivity index (χ0v) is 18.2. The van der Waals surface area contributed by atoms with Crippen molar-refractivity contribution in [1.82, 2.24) is 4.31 Å². The van der Waals surface area contributed by atoms with Crippen LogP contribution in [0.5, 0.6) is 11.5 Å².